The van der Waals surface area contributed by atoms with Gasteiger partial charge in [0.05, 0.1) is 25.5 Å². The van der Waals surface area contributed by atoms with Gasteiger partial charge in [-0.05, 0) is 43.2 Å². The van der Waals surface area contributed by atoms with Crippen molar-refractivity contribution < 1.29 is 9.53 Å². The summed E-state index contributed by atoms with van der Waals surface area (Å²) in [7, 11) is 1.57. The molecule has 33 heavy (non-hydrogen) atoms. The van der Waals surface area contributed by atoms with Gasteiger partial charge in [0.1, 0.15) is 22.9 Å². The number of benzene rings is 1. The molecule has 0 aliphatic carbocycles. The van der Waals surface area contributed by atoms with Crippen LogP contribution in [0.15, 0.2) is 55.1 Å². The van der Waals surface area contributed by atoms with Gasteiger partial charge in [-0.3, -0.25) is 9.48 Å². The summed E-state index contributed by atoms with van der Waals surface area (Å²) in [4.78, 5) is 14.8. The van der Waals surface area contributed by atoms with Crippen LogP contribution in [0.25, 0.3) is 16.6 Å². The fourth-order valence-corrected chi connectivity index (χ4v) is 4.33. The van der Waals surface area contributed by atoms with Crippen LogP contribution in [0.4, 0.5) is 5.69 Å². The maximum atomic E-state index is 12.9. The Morgan fingerprint density at radius 2 is 2.00 bits per heavy atom. The van der Waals surface area contributed by atoms with E-state index in [1.54, 1.807) is 42.1 Å². The minimum atomic E-state index is 0.00856. The van der Waals surface area contributed by atoms with E-state index in [9.17, 15) is 10.1 Å². The summed E-state index contributed by atoms with van der Waals surface area (Å²) in [5.74, 6) is 0.585. The predicted octanol–water partition coefficient (Wildman–Crippen LogP) is 3.14. The van der Waals surface area contributed by atoms with Crippen molar-refractivity contribution in [3.05, 3.63) is 66.2 Å². The highest BCUT2D eigenvalue weighted by atomic mass is 16.5. The highest BCUT2D eigenvalue weighted by Crippen LogP contribution is 2.31. The Morgan fingerprint density at radius 3 is 2.76 bits per heavy atom. The fraction of sp³-hybridized carbons (Fsp3) is 0.250. The van der Waals surface area contributed by atoms with Gasteiger partial charge >= 0.3 is 0 Å². The molecule has 0 unspecified atom stereocenters. The molecule has 9 nitrogen and oxygen atoms in total. The molecule has 1 aliphatic heterocycles. The number of carbonyl (C=O) groups is 1. The first-order valence-corrected chi connectivity index (χ1v) is 10.7. The molecule has 4 heterocycles. The first kappa shape index (κ1) is 20.6. The number of ether oxygens (including phenoxy) is 1. The highest BCUT2D eigenvalue weighted by molar-refractivity contribution is 5.94. The quantitative estimate of drug-likeness (QED) is 0.487. The zero-order valence-corrected chi connectivity index (χ0v) is 18.2. The van der Waals surface area contributed by atoms with Crippen LogP contribution >= 0.6 is 0 Å². The third kappa shape index (κ3) is 3.76. The van der Waals surface area contributed by atoms with Crippen LogP contribution in [0, 0.1) is 11.3 Å². The van der Waals surface area contributed by atoms with Crippen molar-refractivity contribution in [3.8, 4) is 22.9 Å². The van der Waals surface area contributed by atoms with E-state index in [0.29, 0.717) is 34.6 Å². The number of carbonyl (C=O) groups excluding carboxylic acids is 1. The van der Waals surface area contributed by atoms with E-state index in [1.807, 2.05) is 28.0 Å². The maximum absolute atomic E-state index is 12.9. The molecule has 5 rings (SSSR count). The molecule has 0 bridgehead atoms. The molecule has 1 aromatic carbocycles. The minimum Gasteiger partial charge on any atom is -0.494 e. The van der Waals surface area contributed by atoms with Gasteiger partial charge < -0.3 is 15.4 Å². The van der Waals surface area contributed by atoms with Crippen molar-refractivity contribution in [2.24, 2.45) is 0 Å². The molecule has 1 fully saturated rings. The van der Waals surface area contributed by atoms with Gasteiger partial charge in [0.25, 0.3) is 5.91 Å². The van der Waals surface area contributed by atoms with Crippen molar-refractivity contribution in [3.63, 3.8) is 0 Å². The number of nitrogens with two attached hydrogens (primary N) is 1. The summed E-state index contributed by atoms with van der Waals surface area (Å²) in [6, 6.07) is 11.1. The number of rotatable bonds is 4. The maximum Gasteiger partial charge on any atom is 0.253 e. The molecule has 1 amide bonds. The van der Waals surface area contributed by atoms with Gasteiger partial charge in [-0.1, -0.05) is 0 Å². The Morgan fingerprint density at radius 1 is 1.18 bits per heavy atom. The smallest absolute Gasteiger partial charge is 0.253 e. The van der Waals surface area contributed by atoms with E-state index in [0.717, 1.165) is 30.5 Å². The zero-order chi connectivity index (χ0) is 22.9. The number of anilines is 1. The lowest BCUT2D eigenvalue weighted by Gasteiger charge is -2.33. The van der Waals surface area contributed by atoms with E-state index in [-0.39, 0.29) is 11.9 Å². The molecule has 1 aliphatic rings. The van der Waals surface area contributed by atoms with E-state index < -0.39 is 0 Å². The van der Waals surface area contributed by atoms with E-state index >= 15 is 0 Å². The Balaban J connectivity index is 1.39. The van der Waals surface area contributed by atoms with Crippen LogP contribution in [0.3, 0.4) is 0 Å². The van der Waals surface area contributed by atoms with Crippen molar-refractivity contribution in [2.45, 2.75) is 18.9 Å². The summed E-state index contributed by atoms with van der Waals surface area (Å²) >= 11 is 0. The molecular formula is C24H23N7O2. The number of piperidine rings is 1. The van der Waals surface area contributed by atoms with Crippen LogP contribution < -0.4 is 10.5 Å². The molecule has 1 saturated heterocycles. The van der Waals surface area contributed by atoms with Gasteiger partial charge in [-0.25, -0.2) is 4.52 Å². The SMILES string of the molecule is COc1cc(-c2cnn([C@@H]3CCCN(C(=O)c4ccc(N)cc4)C3)c2)cn2ncc(C#N)c12. The number of nitriles is 1. The number of pyridine rings is 1. The molecule has 166 valence electrons. The van der Waals surface area contributed by atoms with Crippen LogP contribution in [0.5, 0.6) is 5.75 Å². The second-order valence-corrected chi connectivity index (χ2v) is 8.14. The van der Waals surface area contributed by atoms with E-state index in [1.165, 1.54) is 6.20 Å². The molecule has 0 spiro atoms. The molecule has 4 aromatic rings. The minimum absolute atomic E-state index is 0.00856. The fourth-order valence-electron chi connectivity index (χ4n) is 4.33. The first-order chi connectivity index (χ1) is 16.1. The normalized spacial score (nSPS) is 16.0. The molecule has 0 radical (unpaired) electrons. The van der Waals surface area contributed by atoms with Gasteiger partial charge in [0, 0.05) is 47.9 Å². The Bertz CT molecular complexity index is 1360. The number of aromatic nitrogens is 4. The Kier molecular flexibility index (Phi) is 5.18. The highest BCUT2D eigenvalue weighted by Gasteiger charge is 2.26. The number of hydrogen-bond acceptors (Lipinski definition) is 6. The van der Waals surface area contributed by atoms with E-state index in [4.69, 9.17) is 10.5 Å². The number of fused-ring (bicyclic) bond motifs is 1. The molecule has 0 saturated carbocycles. The summed E-state index contributed by atoms with van der Waals surface area (Å²) in [5, 5.41) is 18.2. The zero-order valence-electron chi connectivity index (χ0n) is 18.2. The standard InChI is InChI=1S/C24H23N7O2/c1-33-22-9-17(13-31-23(22)18(10-25)11-28-31)19-12-27-30(14-19)21-3-2-8-29(15-21)24(32)16-4-6-20(26)7-5-16/h4-7,9,11-14,21H,2-3,8,15,26H2,1H3/t21-/m1/s1. The van der Waals surface area contributed by atoms with Crippen LogP contribution in [-0.4, -0.2) is 50.4 Å². The molecule has 9 heteroatoms. The van der Waals surface area contributed by atoms with Gasteiger partial charge in [-0.15, -0.1) is 0 Å². The van der Waals surface area contributed by atoms with Crippen molar-refractivity contribution >= 4 is 17.1 Å². The number of nitrogens with zero attached hydrogens (tertiary/aromatic N) is 6. The van der Waals surface area contributed by atoms with Gasteiger partial charge in [0.15, 0.2) is 0 Å². The van der Waals surface area contributed by atoms with Gasteiger partial charge in [0.2, 0.25) is 0 Å². The topological polar surface area (TPSA) is 114 Å². The lowest BCUT2D eigenvalue weighted by Crippen LogP contribution is -2.40. The van der Waals surface area contributed by atoms with Crippen LogP contribution in [0.2, 0.25) is 0 Å². The second kappa shape index (κ2) is 8.31. The van der Waals surface area contributed by atoms with Gasteiger partial charge in [-0.2, -0.15) is 15.5 Å². The third-order valence-corrected chi connectivity index (χ3v) is 6.07. The number of nitrogen functional groups attached to an aromatic ring is 1. The average Bonchev–Trinajstić information content (AvgIpc) is 3.51. The monoisotopic (exact) mass is 441 g/mol. The first-order valence-electron chi connectivity index (χ1n) is 10.7. The lowest BCUT2D eigenvalue weighted by atomic mass is 10.0. The predicted molar refractivity (Wildman–Crippen MR) is 123 cm³/mol. The van der Waals surface area contributed by atoms with Crippen molar-refractivity contribution in [1.82, 2.24) is 24.3 Å². The lowest BCUT2D eigenvalue weighted by molar-refractivity contribution is 0.0673. The number of likely N-dealkylation sites (tertiary alicyclic amines) is 1. The number of methoxy groups -OCH3 is 1. The average molecular weight is 441 g/mol. The van der Waals surface area contributed by atoms with E-state index in [2.05, 4.69) is 16.3 Å². The molecular weight excluding hydrogens is 418 g/mol. The second-order valence-electron chi connectivity index (χ2n) is 8.14. The Labute approximate surface area is 190 Å². The number of hydrogen-bond donors (Lipinski definition) is 1. The largest absolute Gasteiger partial charge is 0.494 e. The summed E-state index contributed by atoms with van der Waals surface area (Å²) in [5.41, 5.74) is 9.91. The summed E-state index contributed by atoms with van der Waals surface area (Å²) < 4.78 is 9.09. The van der Waals surface area contributed by atoms with Crippen molar-refractivity contribution in [1.29, 1.82) is 5.26 Å². The number of amides is 1. The van der Waals surface area contributed by atoms with Crippen LogP contribution in [-0.2, 0) is 0 Å². The van der Waals surface area contributed by atoms with Crippen LogP contribution in [0.1, 0.15) is 34.8 Å². The summed E-state index contributed by atoms with van der Waals surface area (Å²) in [6.07, 6.45) is 9.02. The Hall–Kier alpha value is -4.32. The van der Waals surface area contributed by atoms with Crippen molar-refractivity contribution in [2.75, 3.05) is 25.9 Å². The molecule has 2 N–H and O–H groups in total. The summed E-state index contributed by atoms with van der Waals surface area (Å²) in [6.45, 7) is 1.32. The molecule has 1 atom stereocenters. The third-order valence-electron chi connectivity index (χ3n) is 6.07. The molecule has 3 aromatic heterocycles.